The average molecular weight is 534 g/mol. The van der Waals surface area contributed by atoms with Crippen molar-refractivity contribution >= 4 is 29.9 Å². The minimum Gasteiger partial charge on any atom is -0.467 e. The Kier molecular flexibility index (Phi) is 11.2. The first-order valence-corrected chi connectivity index (χ1v) is 10.9. The molecular formula is C22H36FIN4O2. The third-order valence-corrected chi connectivity index (χ3v) is 5.56. The molecule has 2 aliphatic rings. The molecule has 0 unspecified atom stereocenters. The van der Waals surface area contributed by atoms with Gasteiger partial charge >= 0.3 is 0 Å². The monoisotopic (exact) mass is 534 g/mol. The highest BCUT2D eigenvalue weighted by Gasteiger charge is 2.17. The second kappa shape index (κ2) is 13.3. The molecule has 1 aromatic rings. The molecule has 6 nitrogen and oxygen atoms in total. The minimum absolute atomic E-state index is 0. The molecule has 1 fully saturated rings. The highest BCUT2D eigenvalue weighted by Crippen LogP contribution is 2.29. The molecule has 0 aromatic heterocycles. The Bertz CT molecular complexity index is 681. The lowest BCUT2D eigenvalue weighted by atomic mass is 9.99. The van der Waals surface area contributed by atoms with Crippen LogP contribution in [0.25, 0.3) is 0 Å². The second-order valence-electron chi connectivity index (χ2n) is 7.98. The van der Waals surface area contributed by atoms with Gasteiger partial charge in [-0.1, -0.05) is 6.92 Å². The Labute approximate surface area is 197 Å². The van der Waals surface area contributed by atoms with E-state index in [-0.39, 0.29) is 36.6 Å². The van der Waals surface area contributed by atoms with Gasteiger partial charge in [-0.25, -0.2) is 4.39 Å². The fraction of sp³-hybridized carbons (Fsp3) is 0.682. The topological polar surface area (TPSA) is 58.1 Å². The molecule has 0 aliphatic carbocycles. The molecule has 0 spiro atoms. The fourth-order valence-corrected chi connectivity index (χ4v) is 3.87. The van der Waals surface area contributed by atoms with Crippen molar-refractivity contribution in [3.05, 3.63) is 29.1 Å². The van der Waals surface area contributed by atoms with E-state index < -0.39 is 0 Å². The zero-order valence-electron chi connectivity index (χ0n) is 18.2. The summed E-state index contributed by atoms with van der Waals surface area (Å²) < 4.78 is 24.7. The van der Waals surface area contributed by atoms with Gasteiger partial charge in [-0.2, -0.15) is 0 Å². The van der Waals surface area contributed by atoms with Gasteiger partial charge in [0.25, 0.3) is 0 Å². The number of piperidine rings is 1. The van der Waals surface area contributed by atoms with Gasteiger partial charge in [0.2, 0.25) is 0 Å². The van der Waals surface area contributed by atoms with Crippen molar-refractivity contribution in [2.24, 2.45) is 10.9 Å². The van der Waals surface area contributed by atoms with Gasteiger partial charge < -0.3 is 25.0 Å². The third-order valence-electron chi connectivity index (χ3n) is 5.56. The van der Waals surface area contributed by atoms with Gasteiger partial charge in [0.1, 0.15) is 11.6 Å². The summed E-state index contributed by atoms with van der Waals surface area (Å²) in [5.74, 6) is 2.20. The fourth-order valence-electron chi connectivity index (χ4n) is 3.87. The molecule has 1 aromatic carbocycles. The summed E-state index contributed by atoms with van der Waals surface area (Å²) in [7, 11) is 0. The van der Waals surface area contributed by atoms with E-state index in [0.29, 0.717) is 19.6 Å². The second-order valence-corrected chi connectivity index (χ2v) is 7.98. The lowest BCUT2D eigenvalue weighted by molar-refractivity contribution is -0.0172. The van der Waals surface area contributed by atoms with Crippen LogP contribution in [0.3, 0.4) is 0 Å². The number of fused-ring (bicyclic) bond motifs is 1. The number of nitrogens with zero attached hydrogens (tertiary/aromatic N) is 2. The van der Waals surface area contributed by atoms with Crippen LogP contribution in [-0.2, 0) is 17.8 Å². The number of halogens is 2. The molecule has 0 atom stereocenters. The Morgan fingerprint density at radius 2 is 2.07 bits per heavy atom. The molecule has 170 valence electrons. The van der Waals surface area contributed by atoms with Crippen LogP contribution in [-0.4, -0.2) is 56.9 Å². The van der Waals surface area contributed by atoms with Crippen molar-refractivity contribution in [1.82, 2.24) is 15.5 Å². The van der Waals surface area contributed by atoms with E-state index in [4.69, 9.17) is 14.5 Å². The van der Waals surface area contributed by atoms with Crippen LogP contribution >= 0.6 is 24.0 Å². The summed E-state index contributed by atoms with van der Waals surface area (Å²) in [5.41, 5.74) is 1.64. The summed E-state index contributed by atoms with van der Waals surface area (Å²) in [6, 6.07) is 3.04. The van der Waals surface area contributed by atoms with Crippen LogP contribution in [0.1, 0.15) is 44.2 Å². The van der Waals surface area contributed by atoms with E-state index in [1.165, 1.54) is 32.0 Å². The number of benzene rings is 1. The molecular weight excluding hydrogens is 498 g/mol. The summed E-state index contributed by atoms with van der Waals surface area (Å²) >= 11 is 0. The molecule has 0 radical (unpaired) electrons. The molecule has 2 aliphatic heterocycles. The minimum atomic E-state index is -0.250. The lowest BCUT2D eigenvalue weighted by Gasteiger charge is -2.29. The maximum atomic E-state index is 13.9. The van der Waals surface area contributed by atoms with Crippen molar-refractivity contribution in [1.29, 1.82) is 0 Å². The lowest BCUT2D eigenvalue weighted by Crippen LogP contribution is -2.38. The van der Waals surface area contributed by atoms with Crippen molar-refractivity contribution in [3.63, 3.8) is 0 Å². The summed E-state index contributed by atoms with van der Waals surface area (Å²) in [6.07, 6.45) is 4.35. The number of nitrogens with one attached hydrogen (secondary N) is 2. The standard InChI is InChI=1S/C22H35FN4O2.HI/c1-3-24-22(25-8-4-10-27-11-6-17(2)7-12-27)26-9-5-18-13-20(23)14-19-15-28-16-29-21(18)19;/h13-14,17H,3-12,15-16H2,1-2H3,(H2,24,25,26);1H. The van der Waals surface area contributed by atoms with Crippen LogP contribution in [0.2, 0.25) is 0 Å². The Morgan fingerprint density at radius 3 is 2.83 bits per heavy atom. The summed E-state index contributed by atoms with van der Waals surface area (Å²) in [4.78, 5) is 7.24. The predicted octanol–water partition coefficient (Wildman–Crippen LogP) is 3.53. The van der Waals surface area contributed by atoms with Crippen molar-refractivity contribution in [2.75, 3.05) is 46.1 Å². The number of hydrogen-bond donors (Lipinski definition) is 2. The molecule has 3 rings (SSSR count). The molecule has 1 saturated heterocycles. The van der Waals surface area contributed by atoms with Crippen molar-refractivity contribution in [2.45, 2.75) is 46.1 Å². The van der Waals surface area contributed by atoms with Crippen LogP contribution in [0.5, 0.6) is 5.75 Å². The summed E-state index contributed by atoms with van der Waals surface area (Å²) in [5, 5.41) is 6.64. The van der Waals surface area contributed by atoms with Gasteiger partial charge in [-0.05, 0) is 75.9 Å². The molecule has 2 N–H and O–H groups in total. The normalized spacial score (nSPS) is 17.6. The largest absolute Gasteiger partial charge is 0.467 e. The maximum absolute atomic E-state index is 13.9. The number of rotatable bonds is 8. The zero-order valence-corrected chi connectivity index (χ0v) is 20.5. The Hall–Kier alpha value is -1.13. The molecule has 0 amide bonds. The van der Waals surface area contributed by atoms with Gasteiger partial charge in [-0.3, -0.25) is 4.99 Å². The smallest absolute Gasteiger partial charge is 0.191 e. The number of guanidine groups is 1. The number of hydrogen-bond acceptors (Lipinski definition) is 4. The van der Waals surface area contributed by atoms with Crippen LogP contribution in [0, 0.1) is 11.7 Å². The maximum Gasteiger partial charge on any atom is 0.191 e. The number of aliphatic imine (C=N–C) groups is 1. The predicted molar refractivity (Wildman–Crippen MR) is 129 cm³/mol. The quantitative estimate of drug-likeness (QED) is 0.232. The van der Waals surface area contributed by atoms with Crippen LogP contribution in [0.4, 0.5) is 4.39 Å². The Morgan fingerprint density at radius 1 is 1.27 bits per heavy atom. The molecule has 0 bridgehead atoms. The first-order valence-electron chi connectivity index (χ1n) is 10.9. The van der Waals surface area contributed by atoms with E-state index in [1.807, 2.05) is 0 Å². The third kappa shape index (κ3) is 7.85. The highest BCUT2D eigenvalue weighted by atomic mass is 127. The Balaban J connectivity index is 0.00000320. The van der Waals surface area contributed by atoms with Gasteiger partial charge in [-0.15, -0.1) is 24.0 Å². The number of likely N-dealkylation sites (tertiary alicyclic amines) is 1. The molecule has 2 heterocycles. The first kappa shape index (κ1) is 25.1. The average Bonchev–Trinajstić information content (AvgIpc) is 2.72. The van der Waals surface area contributed by atoms with E-state index in [0.717, 1.165) is 54.8 Å². The molecule has 8 heteroatoms. The highest BCUT2D eigenvalue weighted by molar-refractivity contribution is 14.0. The van der Waals surface area contributed by atoms with E-state index in [1.54, 1.807) is 6.07 Å². The molecule has 0 saturated carbocycles. The van der Waals surface area contributed by atoms with Crippen molar-refractivity contribution in [3.8, 4) is 5.75 Å². The van der Waals surface area contributed by atoms with Gasteiger partial charge in [0, 0.05) is 25.2 Å². The first-order chi connectivity index (χ1) is 14.2. The van der Waals surface area contributed by atoms with Gasteiger partial charge in [0.05, 0.1) is 6.61 Å². The SMILES string of the molecule is CCNC(=NCCCN1CCC(C)CC1)NCCc1cc(F)cc2c1OCOC2.I. The van der Waals surface area contributed by atoms with Crippen molar-refractivity contribution < 1.29 is 13.9 Å². The summed E-state index contributed by atoms with van der Waals surface area (Å²) in [6.45, 7) is 10.8. The van der Waals surface area contributed by atoms with E-state index >= 15 is 0 Å². The van der Waals surface area contributed by atoms with E-state index in [9.17, 15) is 4.39 Å². The van der Waals surface area contributed by atoms with E-state index in [2.05, 4.69) is 29.4 Å². The van der Waals surface area contributed by atoms with Gasteiger partial charge in [0.15, 0.2) is 12.8 Å². The van der Waals surface area contributed by atoms with Crippen LogP contribution < -0.4 is 15.4 Å². The zero-order chi connectivity index (χ0) is 20.5. The number of ether oxygens (including phenoxy) is 2. The van der Waals surface area contributed by atoms with Crippen LogP contribution in [0.15, 0.2) is 17.1 Å². The molecule has 30 heavy (non-hydrogen) atoms.